The lowest BCUT2D eigenvalue weighted by Crippen LogP contribution is -2.61. The lowest BCUT2D eigenvalue weighted by Gasteiger charge is -2.40. The number of esters is 3. The van der Waals surface area contributed by atoms with Crippen LogP contribution in [0.15, 0.2) is 134 Å². The molecule has 1 rings (SSSR count). The smallest absolute Gasteiger partial charge is 0.335 e. The molecule has 0 saturated carbocycles. The Hall–Kier alpha value is -5.14. The second-order valence-electron chi connectivity index (χ2n) is 22.0. The van der Waals surface area contributed by atoms with E-state index in [4.69, 9.17) is 23.7 Å². The molecule has 12 heteroatoms. The number of hydrogen-bond donors (Lipinski definition) is 3. The van der Waals surface area contributed by atoms with Crippen LogP contribution in [0.5, 0.6) is 0 Å². The van der Waals surface area contributed by atoms with Crippen molar-refractivity contribution in [2.24, 2.45) is 0 Å². The van der Waals surface area contributed by atoms with Gasteiger partial charge in [-0.3, -0.25) is 14.4 Å². The number of unbranched alkanes of at least 4 members (excludes halogenated alkanes) is 19. The molecule has 0 radical (unpaired) electrons. The zero-order valence-corrected chi connectivity index (χ0v) is 53.1. The van der Waals surface area contributed by atoms with Crippen molar-refractivity contribution in [1.82, 2.24) is 0 Å². The highest BCUT2D eigenvalue weighted by molar-refractivity contribution is 5.74. The van der Waals surface area contributed by atoms with Crippen molar-refractivity contribution in [2.45, 2.75) is 289 Å². The standard InChI is InChI=1S/C73H116O12/c1-4-7-10-13-16-19-22-25-28-31-33-36-38-41-44-47-50-53-56-59-65(74)81-62-64(83-66(75)60-57-54-51-48-45-42-40-37-34-32-29-26-23-20-17-14-11-8-5-2)63-82-73-71(69(78)68(77)70(85-73)72(79)80)84-67(76)61-58-55-52-49-46-43-39-35-30-27-24-21-18-15-12-9-6-3/h9,12,16-21,25-30,33-34,36-37,39,43,49,52,64,68-71,73,77-78H,4-8,10-11,13-15,22-24,31-32,35,38,40-42,44-48,50-51,53-63H2,1-3H3,(H,79,80)/b12-9-,19-16-,20-17-,21-18-,28-25-,29-26-,30-27-,36-33-,37-34-,43-39-,52-49-. The summed E-state index contributed by atoms with van der Waals surface area (Å²) in [7, 11) is 0. The van der Waals surface area contributed by atoms with Crippen LogP contribution in [0.1, 0.15) is 252 Å². The quantitative estimate of drug-likeness (QED) is 0.0228. The summed E-state index contributed by atoms with van der Waals surface area (Å²) in [6, 6.07) is 0. The van der Waals surface area contributed by atoms with Gasteiger partial charge in [0.25, 0.3) is 0 Å². The van der Waals surface area contributed by atoms with E-state index < -0.39 is 67.3 Å². The fourth-order valence-electron chi connectivity index (χ4n) is 9.12. The van der Waals surface area contributed by atoms with Gasteiger partial charge in [-0.1, -0.05) is 231 Å². The predicted molar refractivity (Wildman–Crippen MR) is 349 cm³/mol. The number of allylic oxidation sites excluding steroid dienone is 22. The molecule has 85 heavy (non-hydrogen) atoms. The molecule has 0 spiro atoms. The second kappa shape index (κ2) is 59.2. The highest BCUT2D eigenvalue weighted by Crippen LogP contribution is 2.26. The van der Waals surface area contributed by atoms with Crippen molar-refractivity contribution in [3.63, 3.8) is 0 Å². The molecule has 480 valence electrons. The van der Waals surface area contributed by atoms with Crippen molar-refractivity contribution in [2.75, 3.05) is 13.2 Å². The van der Waals surface area contributed by atoms with Crippen LogP contribution >= 0.6 is 0 Å². The maximum Gasteiger partial charge on any atom is 0.335 e. The summed E-state index contributed by atoms with van der Waals surface area (Å²) in [4.78, 5) is 51.4. The zero-order valence-electron chi connectivity index (χ0n) is 53.1. The summed E-state index contributed by atoms with van der Waals surface area (Å²) in [5.41, 5.74) is 0. The van der Waals surface area contributed by atoms with E-state index in [1.807, 2.05) is 12.2 Å². The van der Waals surface area contributed by atoms with E-state index in [-0.39, 0.29) is 25.9 Å². The van der Waals surface area contributed by atoms with Crippen LogP contribution < -0.4 is 0 Å². The maximum absolute atomic E-state index is 13.2. The van der Waals surface area contributed by atoms with Gasteiger partial charge in [0.15, 0.2) is 24.6 Å². The number of aliphatic hydroxyl groups excluding tert-OH is 2. The first-order chi connectivity index (χ1) is 41.6. The number of hydrogen-bond acceptors (Lipinski definition) is 11. The highest BCUT2D eigenvalue weighted by Gasteiger charge is 2.50. The Labute approximate surface area is 515 Å². The van der Waals surface area contributed by atoms with Crippen molar-refractivity contribution < 1.29 is 58.2 Å². The molecule has 0 aliphatic carbocycles. The normalized spacial score (nSPS) is 18.3. The molecule has 0 aromatic heterocycles. The average Bonchev–Trinajstić information content (AvgIpc) is 2.83. The summed E-state index contributed by atoms with van der Waals surface area (Å²) in [6.07, 6.45) is 71.2. The van der Waals surface area contributed by atoms with E-state index in [1.165, 1.54) is 51.4 Å². The van der Waals surface area contributed by atoms with Crippen molar-refractivity contribution in [1.29, 1.82) is 0 Å². The fraction of sp³-hybridized carbons (Fsp3) is 0.644. The van der Waals surface area contributed by atoms with Crippen molar-refractivity contribution >= 4 is 23.9 Å². The zero-order chi connectivity index (χ0) is 61.7. The number of ether oxygens (including phenoxy) is 5. The predicted octanol–water partition coefficient (Wildman–Crippen LogP) is 18.1. The van der Waals surface area contributed by atoms with Gasteiger partial charge in [-0.25, -0.2) is 4.79 Å². The number of carbonyl (C=O) groups is 4. The Bertz CT molecular complexity index is 1990. The average molecular weight is 1190 g/mol. The molecule has 6 unspecified atom stereocenters. The van der Waals surface area contributed by atoms with Crippen molar-refractivity contribution in [3.05, 3.63) is 134 Å². The van der Waals surface area contributed by atoms with Gasteiger partial charge in [0.1, 0.15) is 18.8 Å². The molecule has 1 saturated heterocycles. The number of carboxylic acids is 1. The Morgan fingerprint density at radius 1 is 0.400 bits per heavy atom. The van der Waals surface area contributed by atoms with E-state index in [2.05, 4.69) is 142 Å². The topological polar surface area (TPSA) is 175 Å². The minimum atomic E-state index is -1.93. The number of carboxylic acid groups (broad SMARTS) is 1. The van der Waals surface area contributed by atoms with Crippen LogP contribution in [0.2, 0.25) is 0 Å². The van der Waals surface area contributed by atoms with Gasteiger partial charge in [-0.15, -0.1) is 0 Å². The van der Waals surface area contributed by atoms with Crippen LogP contribution in [-0.4, -0.2) is 89.2 Å². The van der Waals surface area contributed by atoms with Gasteiger partial charge in [-0.05, 0) is 135 Å². The largest absolute Gasteiger partial charge is 0.479 e. The lowest BCUT2D eigenvalue weighted by atomic mass is 9.98. The highest BCUT2D eigenvalue weighted by atomic mass is 16.7. The molecule has 0 aromatic carbocycles. The number of carbonyl (C=O) groups excluding carboxylic acids is 3. The van der Waals surface area contributed by atoms with E-state index in [9.17, 15) is 34.5 Å². The van der Waals surface area contributed by atoms with Gasteiger partial charge in [0, 0.05) is 19.3 Å². The Balaban J connectivity index is 2.72. The van der Waals surface area contributed by atoms with Crippen LogP contribution in [0.25, 0.3) is 0 Å². The third-order valence-corrected chi connectivity index (χ3v) is 14.2. The van der Waals surface area contributed by atoms with E-state index in [0.29, 0.717) is 25.7 Å². The summed E-state index contributed by atoms with van der Waals surface area (Å²) in [5, 5.41) is 31.6. The summed E-state index contributed by atoms with van der Waals surface area (Å²) < 4.78 is 28.5. The monoisotopic (exact) mass is 1180 g/mol. The van der Waals surface area contributed by atoms with Gasteiger partial charge >= 0.3 is 23.9 Å². The lowest BCUT2D eigenvalue weighted by molar-refractivity contribution is -0.301. The molecule has 1 heterocycles. The Morgan fingerprint density at radius 2 is 0.753 bits per heavy atom. The molecular weight excluding hydrogens is 1070 g/mol. The van der Waals surface area contributed by atoms with E-state index in [0.717, 1.165) is 135 Å². The first kappa shape index (κ1) is 77.9. The van der Waals surface area contributed by atoms with Gasteiger partial charge in [0.05, 0.1) is 6.61 Å². The minimum Gasteiger partial charge on any atom is -0.479 e. The molecule has 0 aromatic rings. The molecule has 0 bridgehead atoms. The first-order valence-electron chi connectivity index (χ1n) is 33.2. The van der Waals surface area contributed by atoms with Crippen molar-refractivity contribution in [3.8, 4) is 0 Å². The minimum absolute atomic E-state index is 0.0278. The SMILES string of the molecule is CC/C=C\C/C=C\C/C=C\C/C=C\C/C=C\CCCC(=O)OC1C(OCC(COC(=O)CCCCCCCC/C=C\C/C=C\C/C=C\CCCCC)OC(=O)CCCCCCCC/C=C\C/C=C\C/C=C\CCCCC)OC(C(=O)O)C(O)C1O. The molecule has 1 fully saturated rings. The van der Waals surface area contributed by atoms with Gasteiger partial charge in [-0.2, -0.15) is 0 Å². The first-order valence-corrected chi connectivity index (χ1v) is 33.2. The number of rotatable bonds is 55. The molecule has 6 atom stereocenters. The van der Waals surface area contributed by atoms with E-state index in [1.54, 1.807) is 0 Å². The number of aliphatic hydroxyl groups is 2. The third-order valence-electron chi connectivity index (χ3n) is 14.2. The fourth-order valence-corrected chi connectivity index (χ4v) is 9.12. The summed E-state index contributed by atoms with van der Waals surface area (Å²) >= 11 is 0. The molecule has 12 nitrogen and oxygen atoms in total. The molecule has 1 aliphatic heterocycles. The van der Waals surface area contributed by atoms with Crippen LogP contribution in [0.4, 0.5) is 0 Å². The number of aliphatic carboxylic acids is 1. The molecule has 0 amide bonds. The molecule has 3 N–H and O–H groups in total. The van der Waals surface area contributed by atoms with Crippen LogP contribution in [0, 0.1) is 0 Å². The van der Waals surface area contributed by atoms with Crippen LogP contribution in [0.3, 0.4) is 0 Å². The molecule has 1 aliphatic rings. The Kier molecular flexibility index (Phi) is 54.2. The van der Waals surface area contributed by atoms with Gasteiger partial charge < -0.3 is 39.0 Å². The van der Waals surface area contributed by atoms with Crippen LogP contribution in [-0.2, 0) is 42.9 Å². The van der Waals surface area contributed by atoms with Gasteiger partial charge in [0.2, 0.25) is 0 Å². The summed E-state index contributed by atoms with van der Waals surface area (Å²) in [6.45, 7) is 5.79. The Morgan fingerprint density at radius 3 is 1.16 bits per heavy atom. The maximum atomic E-state index is 13.2. The van der Waals surface area contributed by atoms with E-state index >= 15 is 0 Å². The molecular formula is C73H116O12. The summed E-state index contributed by atoms with van der Waals surface area (Å²) in [5.74, 6) is -3.24. The second-order valence-corrected chi connectivity index (χ2v) is 22.0. The third kappa shape index (κ3) is 48.6.